The van der Waals surface area contributed by atoms with Crippen molar-refractivity contribution in [2.75, 3.05) is 0 Å². The standard InChI is InChI=1S/C16H14O2/c1-11-10-15(17)14-9-5-8-13(16(14)18-11)12-6-3-2-4-7-12/h2-9,11H,10H2,1H3. The summed E-state index contributed by atoms with van der Waals surface area (Å²) in [5.74, 6) is 0.897. The summed E-state index contributed by atoms with van der Waals surface area (Å²) in [5, 5.41) is 0. The molecule has 1 aliphatic heterocycles. The number of Topliss-reactive ketones (excluding diaryl/α,β-unsaturated/α-hetero) is 1. The molecule has 2 aromatic carbocycles. The highest BCUT2D eigenvalue weighted by Crippen LogP contribution is 2.37. The highest BCUT2D eigenvalue weighted by Gasteiger charge is 2.25. The Balaban J connectivity index is 2.18. The number of hydrogen-bond acceptors (Lipinski definition) is 2. The average Bonchev–Trinajstić information content (AvgIpc) is 2.39. The summed E-state index contributed by atoms with van der Waals surface area (Å²) >= 11 is 0. The molecular weight excluding hydrogens is 224 g/mol. The van der Waals surface area contributed by atoms with Crippen LogP contribution in [0.4, 0.5) is 0 Å². The molecule has 2 aromatic rings. The fourth-order valence-corrected chi connectivity index (χ4v) is 2.34. The molecule has 0 radical (unpaired) electrons. The summed E-state index contributed by atoms with van der Waals surface area (Å²) in [6, 6.07) is 15.8. The first-order chi connectivity index (χ1) is 8.75. The van der Waals surface area contributed by atoms with Gasteiger partial charge in [-0.25, -0.2) is 0 Å². The quantitative estimate of drug-likeness (QED) is 0.757. The maximum Gasteiger partial charge on any atom is 0.170 e. The lowest BCUT2D eigenvalue weighted by Gasteiger charge is -2.24. The van der Waals surface area contributed by atoms with Crippen molar-refractivity contribution < 1.29 is 9.53 Å². The van der Waals surface area contributed by atoms with Gasteiger partial charge in [0.25, 0.3) is 0 Å². The van der Waals surface area contributed by atoms with Crippen LogP contribution in [0.3, 0.4) is 0 Å². The van der Waals surface area contributed by atoms with Crippen LogP contribution >= 0.6 is 0 Å². The molecular formula is C16H14O2. The highest BCUT2D eigenvalue weighted by molar-refractivity contribution is 6.02. The van der Waals surface area contributed by atoms with E-state index >= 15 is 0 Å². The molecule has 0 saturated carbocycles. The van der Waals surface area contributed by atoms with Crippen LogP contribution < -0.4 is 4.74 Å². The van der Waals surface area contributed by atoms with E-state index in [1.54, 1.807) is 0 Å². The molecule has 0 bridgehead atoms. The van der Waals surface area contributed by atoms with Crippen molar-refractivity contribution in [3.63, 3.8) is 0 Å². The van der Waals surface area contributed by atoms with Gasteiger partial charge in [-0.15, -0.1) is 0 Å². The smallest absolute Gasteiger partial charge is 0.170 e. The fourth-order valence-electron chi connectivity index (χ4n) is 2.34. The zero-order valence-electron chi connectivity index (χ0n) is 10.2. The van der Waals surface area contributed by atoms with E-state index in [0.717, 1.165) is 16.9 Å². The first-order valence-electron chi connectivity index (χ1n) is 6.14. The van der Waals surface area contributed by atoms with Crippen molar-refractivity contribution in [1.82, 2.24) is 0 Å². The van der Waals surface area contributed by atoms with Crippen molar-refractivity contribution in [2.45, 2.75) is 19.4 Å². The number of rotatable bonds is 1. The number of ether oxygens (including phenoxy) is 1. The lowest BCUT2D eigenvalue weighted by molar-refractivity contribution is 0.0872. The van der Waals surface area contributed by atoms with Gasteiger partial charge >= 0.3 is 0 Å². The maximum absolute atomic E-state index is 12.0. The minimum Gasteiger partial charge on any atom is -0.489 e. The van der Waals surface area contributed by atoms with E-state index in [-0.39, 0.29) is 11.9 Å². The lowest BCUT2D eigenvalue weighted by Crippen LogP contribution is -2.24. The summed E-state index contributed by atoms with van der Waals surface area (Å²) in [6.07, 6.45) is 0.417. The van der Waals surface area contributed by atoms with Crippen LogP contribution in [0.2, 0.25) is 0 Å². The lowest BCUT2D eigenvalue weighted by atomic mass is 9.95. The molecule has 0 fully saturated rings. The zero-order valence-corrected chi connectivity index (χ0v) is 10.2. The largest absolute Gasteiger partial charge is 0.489 e. The molecule has 3 rings (SSSR count). The number of hydrogen-bond donors (Lipinski definition) is 0. The van der Waals surface area contributed by atoms with Crippen molar-refractivity contribution in [3.8, 4) is 16.9 Å². The molecule has 1 atom stereocenters. The van der Waals surface area contributed by atoms with Crippen LogP contribution in [0.15, 0.2) is 48.5 Å². The summed E-state index contributed by atoms with van der Waals surface area (Å²) < 4.78 is 5.87. The van der Waals surface area contributed by atoms with Crippen molar-refractivity contribution >= 4 is 5.78 Å². The van der Waals surface area contributed by atoms with Crippen LogP contribution in [0.5, 0.6) is 5.75 Å². The maximum atomic E-state index is 12.0. The SMILES string of the molecule is CC1CC(=O)c2cccc(-c3ccccc3)c2O1. The predicted molar refractivity (Wildman–Crippen MR) is 70.9 cm³/mol. The Hall–Kier alpha value is -2.09. The van der Waals surface area contributed by atoms with Gasteiger partial charge in [-0.1, -0.05) is 42.5 Å². The molecule has 2 heteroatoms. The third-order valence-electron chi connectivity index (χ3n) is 3.19. The van der Waals surface area contributed by atoms with Crippen LogP contribution in [0, 0.1) is 0 Å². The summed E-state index contributed by atoms with van der Waals surface area (Å²) in [5.41, 5.74) is 2.78. The molecule has 1 heterocycles. The molecule has 0 amide bonds. The minimum absolute atomic E-state index is 0.0464. The normalized spacial score (nSPS) is 18.1. The summed E-state index contributed by atoms with van der Waals surface area (Å²) in [6.45, 7) is 1.93. The second-order valence-electron chi connectivity index (χ2n) is 4.60. The minimum atomic E-state index is -0.0464. The highest BCUT2D eigenvalue weighted by atomic mass is 16.5. The average molecular weight is 238 g/mol. The van der Waals surface area contributed by atoms with E-state index in [1.165, 1.54) is 0 Å². The van der Waals surface area contributed by atoms with Crippen LogP contribution in [-0.2, 0) is 0 Å². The van der Waals surface area contributed by atoms with Gasteiger partial charge in [0.05, 0.1) is 5.56 Å². The van der Waals surface area contributed by atoms with Crippen molar-refractivity contribution in [2.24, 2.45) is 0 Å². The number of carbonyl (C=O) groups excluding carboxylic acids is 1. The molecule has 0 saturated heterocycles. The summed E-state index contributed by atoms with van der Waals surface area (Å²) in [4.78, 5) is 12.0. The van der Waals surface area contributed by atoms with E-state index in [2.05, 4.69) is 0 Å². The van der Waals surface area contributed by atoms with E-state index in [9.17, 15) is 4.79 Å². The second-order valence-corrected chi connectivity index (χ2v) is 4.60. The van der Waals surface area contributed by atoms with Crippen LogP contribution in [0.1, 0.15) is 23.7 Å². The van der Waals surface area contributed by atoms with E-state index in [1.807, 2.05) is 55.5 Å². The Morgan fingerprint density at radius 2 is 1.72 bits per heavy atom. The van der Waals surface area contributed by atoms with Crippen molar-refractivity contribution in [1.29, 1.82) is 0 Å². The Bertz CT molecular complexity index is 587. The molecule has 2 nitrogen and oxygen atoms in total. The van der Waals surface area contributed by atoms with Crippen LogP contribution in [-0.4, -0.2) is 11.9 Å². The third-order valence-corrected chi connectivity index (χ3v) is 3.19. The monoisotopic (exact) mass is 238 g/mol. The number of para-hydroxylation sites is 1. The Morgan fingerprint density at radius 3 is 2.50 bits per heavy atom. The Kier molecular flexibility index (Phi) is 2.63. The molecule has 0 N–H and O–H groups in total. The summed E-state index contributed by atoms with van der Waals surface area (Å²) in [7, 11) is 0. The second kappa shape index (κ2) is 4.30. The Labute approximate surface area is 106 Å². The molecule has 0 aromatic heterocycles. The van der Waals surface area contributed by atoms with E-state index in [4.69, 9.17) is 4.74 Å². The van der Waals surface area contributed by atoms with Gasteiger partial charge in [0.1, 0.15) is 11.9 Å². The van der Waals surface area contributed by atoms with Gasteiger partial charge in [-0.2, -0.15) is 0 Å². The first-order valence-corrected chi connectivity index (χ1v) is 6.14. The molecule has 1 unspecified atom stereocenters. The number of carbonyl (C=O) groups is 1. The Morgan fingerprint density at radius 1 is 1.00 bits per heavy atom. The molecule has 0 aliphatic carbocycles. The van der Waals surface area contributed by atoms with Gasteiger partial charge in [0, 0.05) is 12.0 Å². The molecule has 0 spiro atoms. The van der Waals surface area contributed by atoms with Gasteiger partial charge in [0.15, 0.2) is 5.78 Å². The van der Waals surface area contributed by atoms with Gasteiger partial charge in [-0.3, -0.25) is 4.79 Å². The number of benzene rings is 2. The molecule has 1 aliphatic rings. The van der Waals surface area contributed by atoms with Crippen molar-refractivity contribution in [3.05, 3.63) is 54.1 Å². The first kappa shape index (κ1) is 11.0. The molecule has 90 valence electrons. The third kappa shape index (κ3) is 1.80. The predicted octanol–water partition coefficient (Wildman–Crippen LogP) is 3.71. The number of fused-ring (bicyclic) bond motifs is 1. The van der Waals surface area contributed by atoms with E-state index < -0.39 is 0 Å². The van der Waals surface area contributed by atoms with Gasteiger partial charge in [-0.05, 0) is 18.6 Å². The zero-order chi connectivity index (χ0) is 12.5. The fraction of sp³-hybridized carbons (Fsp3) is 0.188. The topological polar surface area (TPSA) is 26.3 Å². The van der Waals surface area contributed by atoms with E-state index in [0.29, 0.717) is 12.0 Å². The molecule has 18 heavy (non-hydrogen) atoms. The van der Waals surface area contributed by atoms with Gasteiger partial charge in [0.2, 0.25) is 0 Å². The number of ketones is 1. The van der Waals surface area contributed by atoms with Crippen LogP contribution in [0.25, 0.3) is 11.1 Å². The van der Waals surface area contributed by atoms with Gasteiger partial charge < -0.3 is 4.74 Å².